The van der Waals surface area contributed by atoms with Crippen LogP contribution in [0.15, 0.2) is 76.1 Å². The Bertz CT molecular complexity index is 1390. The maximum Gasteiger partial charge on any atom is 0.347 e. The third-order valence-corrected chi connectivity index (χ3v) is 6.19. The van der Waals surface area contributed by atoms with Gasteiger partial charge in [-0.3, -0.25) is 4.79 Å². The molecule has 5 nitrogen and oxygen atoms in total. The van der Waals surface area contributed by atoms with Gasteiger partial charge in [0.05, 0.1) is 18.1 Å². The maximum absolute atomic E-state index is 13.4. The Hall–Kier alpha value is -3.57. The van der Waals surface area contributed by atoms with Gasteiger partial charge < -0.3 is 13.9 Å². The molecule has 0 aliphatic heterocycles. The Morgan fingerprint density at radius 1 is 0.971 bits per heavy atom. The Morgan fingerprint density at radius 3 is 2.49 bits per heavy atom. The molecule has 0 atom stereocenters. The van der Waals surface area contributed by atoms with Crippen LogP contribution in [0.1, 0.15) is 48.5 Å². The normalized spacial score (nSPS) is 10.9. The summed E-state index contributed by atoms with van der Waals surface area (Å²) in [4.78, 5) is 26.4. The number of para-hydroxylation sites is 1. The van der Waals surface area contributed by atoms with Crippen LogP contribution in [0.3, 0.4) is 0 Å². The minimum absolute atomic E-state index is 0.147. The van der Waals surface area contributed by atoms with Gasteiger partial charge in [0.1, 0.15) is 28.9 Å². The van der Waals surface area contributed by atoms with E-state index in [1.807, 2.05) is 0 Å². The second-order valence-electron chi connectivity index (χ2n) is 8.34. The molecule has 0 N–H and O–H groups in total. The zero-order valence-corrected chi connectivity index (χ0v) is 20.6. The standard InChI is InChI=1S/C29H27ClO5/c1-3-4-5-6-9-20-16-23-27(34-18-24(28(23)31)19-12-14-21(30)15-13-19)17-26(20)35-29(32)22-10-7-8-11-25(22)33-2/h7-8,10-18H,3-6,9H2,1-2H3. The highest BCUT2D eigenvalue weighted by atomic mass is 35.5. The van der Waals surface area contributed by atoms with E-state index in [2.05, 4.69) is 6.92 Å². The molecular formula is C29H27ClO5. The van der Waals surface area contributed by atoms with Gasteiger partial charge in [-0.1, -0.05) is 62.1 Å². The number of esters is 1. The van der Waals surface area contributed by atoms with Crippen LogP contribution in [0.25, 0.3) is 22.1 Å². The Kier molecular flexibility index (Phi) is 7.88. The summed E-state index contributed by atoms with van der Waals surface area (Å²) < 4.78 is 16.9. The van der Waals surface area contributed by atoms with E-state index in [0.717, 1.165) is 36.8 Å². The van der Waals surface area contributed by atoms with Gasteiger partial charge in [-0.15, -0.1) is 0 Å². The van der Waals surface area contributed by atoms with Crippen molar-refractivity contribution >= 4 is 28.5 Å². The monoisotopic (exact) mass is 490 g/mol. The zero-order valence-electron chi connectivity index (χ0n) is 19.8. The molecule has 0 spiro atoms. The maximum atomic E-state index is 13.4. The predicted molar refractivity (Wildman–Crippen MR) is 139 cm³/mol. The fraction of sp³-hybridized carbons (Fsp3) is 0.241. The van der Waals surface area contributed by atoms with E-state index in [0.29, 0.717) is 45.0 Å². The lowest BCUT2D eigenvalue weighted by molar-refractivity contribution is 0.0729. The number of ether oxygens (including phenoxy) is 2. The molecule has 180 valence electrons. The molecule has 0 amide bonds. The van der Waals surface area contributed by atoms with E-state index in [9.17, 15) is 9.59 Å². The minimum Gasteiger partial charge on any atom is -0.496 e. The van der Waals surface area contributed by atoms with Crippen molar-refractivity contribution in [2.45, 2.75) is 39.0 Å². The Labute approximate surface area is 209 Å². The van der Waals surface area contributed by atoms with Gasteiger partial charge in [0.15, 0.2) is 0 Å². The van der Waals surface area contributed by atoms with Crippen LogP contribution in [-0.4, -0.2) is 13.1 Å². The van der Waals surface area contributed by atoms with Crippen molar-refractivity contribution in [2.24, 2.45) is 0 Å². The topological polar surface area (TPSA) is 65.7 Å². The first-order chi connectivity index (χ1) is 17.0. The summed E-state index contributed by atoms with van der Waals surface area (Å²) in [5.41, 5.74) is 2.49. The van der Waals surface area contributed by atoms with Crippen LogP contribution in [0.4, 0.5) is 0 Å². The molecule has 1 heterocycles. The summed E-state index contributed by atoms with van der Waals surface area (Å²) in [6.45, 7) is 2.15. The van der Waals surface area contributed by atoms with Crippen molar-refractivity contribution in [1.29, 1.82) is 0 Å². The lowest BCUT2D eigenvalue weighted by Gasteiger charge is -2.13. The van der Waals surface area contributed by atoms with E-state index in [-0.39, 0.29) is 5.43 Å². The average Bonchev–Trinajstić information content (AvgIpc) is 2.88. The van der Waals surface area contributed by atoms with Gasteiger partial charge >= 0.3 is 5.97 Å². The number of halogens is 1. The van der Waals surface area contributed by atoms with Crippen LogP contribution < -0.4 is 14.9 Å². The summed E-state index contributed by atoms with van der Waals surface area (Å²) in [7, 11) is 1.51. The van der Waals surface area contributed by atoms with Gasteiger partial charge in [-0.2, -0.15) is 0 Å². The molecule has 35 heavy (non-hydrogen) atoms. The van der Waals surface area contributed by atoms with Crippen molar-refractivity contribution in [3.8, 4) is 22.6 Å². The van der Waals surface area contributed by atoms with E-state index >= 15 is 0 Å². The van der Waals surface area contributed by atoms with Gasteiger partial charge in [-0.25, -0.2) is 4.79 Å². The number of carbonyl (C=O) groups is 1. The predicted octanol–water partition coefficient (Wildman–Crippen LogP) is 7.46. The highest BCUT2D eigenvalue weighted by Crippen LogP contribution is 2.30. The van der Waals surface area contributed by atoms with E-state index in [1.54, 1.807) is 60.7 Å². The molecule has 3 aromatic carbocycles. The van der Waals surface area contributed by atoms with Crippen LogP contribution in [0.5, 0.6) is 11.5 Å². The van der Waals surface area contributed by atoms with Crippen LogP contribution in [0, 0.1) is 0 Å². The molecule has 4 aromatic rings. The van der Waals surface area contributed by atoms with Gasteiger partial charge in [-0.05, 0) is 54.3 Å². The molecular weight excluding hydrogens is 464 g/mol. The van der Waals surface area contributed by atoms with E-state index in [1.165, 1.54) is 13.4 Å². The number of hydrogen-bond donors (Lipinski definition) is 0. The number of aryl methyl sites for hydroxylation is 1. The van der Waals surface area contributed by atoms with Gasteiger partial charge in [0.25, 0.3) is 0 Å². The average molecular weight is 491 g/mol. The number of fused-ring (bicyclic) bond motifs is 1. The van der Waals surface area contributed by atoms with Crippen molar-refractivity contribution in [2.75, 3.05) is 7.11 Å². The molecule has 0 radical (unpaired) electrons. The summed E-state index contributed by atoms with van der Waals surface area (Å²) in [6.07, 6.45) is 6.30. The summed E-state index contributed by atoms with van der Waals surface area (Å²) >= 11 is 6.00. The molecule has 0 bridgehead atoms. The molecule has 0 aliphatic carbocycles. The van der Waals surface area contributed by atoms with Crippen molar-refractivity contribution in [1.82, 2.24) is 0 Å². The van der Waals surface area contributed by atoms with Crippen LogP contribution >= 0.6 is 11.6 Å². The fourth-order valence-corrected chi connectivity index (χ4v) is 4.16. The number of rotatable bonds is 9. The minimum atomic E-state index is -0.531. The van der Waals surface area contributed by atoms with Crippen LogP contribution in [0.2, 0.25) is 5.02 Å². The van der Waals surface area contributed by atoms with Gasteiger partial charge in [0.2, 0.25) is 5.43 Å². The second-order valence-corrected chi connectivity index (χ2v) is 8.78. The smallest absolute Gasteiger partial charge is 0.347 e. The molecule has 0 fully saturated rings. The van der Waals surface area contributed by atoms with Gasteiger partial charge in [0, 0.05) is 11.1 Å². The number of unbranched alkanes of at least 4 members (excludes halogenated alkanes) is 3. The molecule has 0 saturated heterocycles. The third-order valence-electron chi connectivity index (χ3n) is 5.94. The fourth-order valence-electron chi connectivity index (χ4n) is 4.03. The van der Waals surface area contributed by atoms with Crippen LogP contribution in [-0.2, 0) is 6.42 Å². The Balaban J connectivity index is 1.75. The summed E-state index contributed by atoms with van der Waals surface area (Å²) in [6, 6.07) is 17.4. The summed E-state index contributed by atoms with van der Waals surface area (Å²) in [5.74, 6) is 0.283. The number of carbonyl (C=O) groups excluding carboxylic acids is 1. The number of methoxy groups -OCH3 is 1. The molecule has 0 unspecified atom stereocenters. The van der Waals surface area contributed by atoms with E-state index < -0.39 is 5.97 Å². The van der Waals surface area contributed by atoms with Crippen molar-refractivity contribution < 1.29 is 18.7 Å². The largest absolute Gasteiger partial charge is 0.496 e. The highest BCUT2D eigenvalue weighted by Gasteiger charge is 2.19. The zero-order chi connectivity index (χ0) is 24.8. The first-order valence-electron chi connectivity index (χ1n) is 11.7. The molecule has 6 heteroatoms. The molecule has 0 aliphatic rings. The summed E-state index contributed by atoms with van der Waals surface area (Å²) in [5, 5.41) is 1.04. The molecule has 1 aromatic heterocycles. The number of hydrogen-bond acceptors (Lipinski definition) is 5. The Morgan fingerprint density at radius 2 is 1.74 bits per heavy atom. The first-order valence-corrected chi connectivity index (χ1v) is 12.1. The highest BCUT2D eigenvalue weighted by molar-refractivity contribution is 6.30. The van der Waals surface area contributed by atoms with Crippen molar-refractivity contribution in [3.05, 3.63) is 93.3 Å². The lowest BCUT2D eigenvalue weighted by atomic mass is 10.0. The third kappa shape index (κ3) is 5.57. The SMILES string of the molecule is CCCCCCc1cc2c(=O)c(-c3ccc(Cl)cc3)coc2cc1OC(=O)c1ccccc1OC. The molecule has 4 rings (SSSR count). The number of benzene rings is 3. The lowest BCUT2D eigenvalue weighted by Crippen LogP contribution is -2.12. The quantitative estimate of drug-likeness (QED) is 0.138. The first kappa shape index (κ1) is 24.6. The molecule has 0 saturated carbocycles. The second kappa shape index (κ2) is 11.2. The van der Waals surface area contributed by atoms with Crippen molar-refractivity contribution in [3.63, 3.8) is 0 Å². The van der Waals surface area contributed by atoms with E-state index in [4.69, 9.17) is 25.5 Å².